The lowest BCUT2D eigenvalue weighted by atomic mass is 10.5. The van der Waals surface area contributed by atoms with Gasteiger partial charge in [0.2, 0.25) is 0 Å². The van der Waals surface area contributed by atoms with Crippen molar-refractivity contribution in [2.24, 2.45) is 0 Å². The van der Waals surface area contributed by atoms with Gasteiger partial charge in [0.05, 0.1) is 11.9 Å². The normalized spacial score (nSPS) is 11.1. The Labute approximate surface area is 64.3 Å². The number of H-pyrrole nitrogens is 1. The Hall–Kier alpha value is -1.32. The fraction of sp³-hybridized carbons (Fsp3) is 0.429. The van der Waals surface area contributed by atoms with E-state index < -0.39 is 0 Å². The summed E-state index contributed by atoms with van der Waals surface area (Å²) >= 11 is 0. The maximum Gasteiger partial charge on any atom is 0.250 e. The number of imidazole rings is 1. The third-order valence-electron chi connectivity index (χ3n) is 1.63. The maximum absolute atomic E-state index is 4.25. The number of nitrogens with zero attached hydrogens (tertiary/aromatic N) is 3. The van der Waals surface area contributed by atoms with Crippen molar-refractivity contribution in [2.75, 3.05) is 0 Å². The van der Waals surface area contributed by atoms with Crippen molar-refractivity contribution in [3.8, 4) is 0 Å². The summed E-state index contributed by atoms with van der Waals surface area (Å²) in [5, 5.41) is 3.11. The van der Waals surface area contributed by atoms with Gasteiger partial charge in [-0.25, -0.2) is 9.50 Å². The maximum atomic E-state index is 4.25. The van der Waals surface area contributed by atoms with Gasteiger partial charge in [-0.3, -0.25) is 5.10 Å². The molecule has 2 heterocycles. The van der Waals surface area contributed by atoms with Crippen LogP contribution in [0, 0.1) is 6.92 Å². The monoisotopic (exact) mass is 150 g/mol. The van der Waals surface area contributed by atoms with Gasteiger partial charge in [0.1, 0.15) is 5.82 Å². The van der Waals surface area contributed by atoms with E-state index >= 15 is 0 Å². The molecule has 0 unspecified atom stereocenters. The number of aryl methyl sites for hydroxylation is 2. The molecule has 1 N–H and O–H groups in total. The van der Waals surface area contributed by atoms with Crippen molar-refractivity contribution in [1.82, 2.24) is 19.6 Å². The van der Waals surface area contributed by atoms with E-state index in [0.29, 0.717) is 0 Å². The molecule has 4 nitrogen and oxygen atoms in total. The molecule has 0 amide bonds. The van der Waals surface area contributed by atoms with Crippen LogP contribution in [0.25, 0.3) is 5.78 Å². The molecule has 0 atom stereocenters. The molecule has 58 valence electrons. The number of aromatic nitrogens is 4. The molecule has 0 fully saturated rings. The first-order chi connectivity index (χ1) is 5.29. The zero-order chi connectivity index (χ0) is 7.84. The van der Waals surface area contributed by atoms with Crippen LogP contribution in [0.3, 0.4) is 0 Å². The van der Waals surface area contributed by atoms with E-state index in [0.717, 1.165) is 23.7 Å². The first kappa shape index (κ1) is 6.39. The number of hydrogen-bond donors (Lipinski definition) is 1. The SMILES string of the molecule is CCc1nc2nc(C)cn2[nH]1. The summed E-state index contributed by atoms with van der Waals surface area (Å²) in [6.07, 6.45) is 2.85. The Bertz CT molecular complexity index is 339. The molecular weight excluding hydrogens is 140 g/mol. The van der Waals surface area contributed by atoms with E-state index in [1.807, 2.05) is 17.6 Å². The lowest BCUT2D eigenvalue weighted by molar-refractivity contribution is 0.888. The van der Waals surface area contributed by atoms with Gasteiger partial charge in [-0.15, -0.1) is 0 Å². The van der Waals surface area contributed by atoms with E-state index in [4.69, 9.17) is 0 Å². The first-order valence-corrected chi connectivity index (χ1v) is 3.70. The highest BCUT2D eigenvalue weighted by Crippen LogP contribution is 2.01. The van der Waals surface area contributed by atoms with E-state index in [9.17, 15) is 0 Å². The van der Waals surface area contributed by atoms with E-state index in [1.54, 1.807) is 0 Å². The fourth-order valence-corrected chi connectivity index (χ4v) is 1.09. The zero-order valence-corrected chi connectivity index (χ0v) is 6.63. The van der Waals surface area contributed by atoms with Crippen molar-refractivity contribution in [3.63, 3.8) is 0 Å². The van der Waals surface area contributed by atoms with Crippen LogP contribution < -0.4 is 0 Å². The third kappa shape index (κ3) is 0.906. The molecule has 2 aromatic heterocycles. The summed E-state index contributed by atoms with van der Waals surface area (Å²) in [6.45, 7) is 4.01. The smallest absolute Gasteiger partial charge is 0.250 e. The lowest BCUT2D eigenvalue weighted by Crippen LogP contribution is -1.84. The number of hydrogen-bond acceptors (Lipinski definition) is 2. The van der Waals surface area contributed by atoms with E-state index in [-0.39, 0.29) is 0 Å². The van der Waals surface area contributed by atoms with Gasteiger partial charge in [0, 0.05) is 6.42 Å². The molecule has 0 saturated heterocycles. The summed E-state index contributed by atoms with van der Waals surface area (Å²) in [4.78, 5) is 8.45. The minimum atomic E-state index is 0.763. The molecule has 0 aromatic carbocycles. The molecule has 0 aliphatic heterocycles. The Morgan fingerprint density at radius 1 is 1.55 bits per heavy atom. The largest absolute Gasteiger partial charge is 0.278 e. The number of nitrogens with one attached hydrogen (secondary N) is 1. The van der Waals surface area contributed by atoms with Crippen molar-refractivity contribution in [3.05, 3.63) is 17.7 Å². The highest BCUT2D eigenvalue weighted by molar-refractivity contribution is 5.28. The highest BCUT2D eigenvalue weighted by Gasteiger charge is 2.01. The molecule has 4 heteroatoms. The molecule has 0 saturated carbocycles. The summed E-state index contributed by atoms with van der Waals surface area (Å²) < 4.78 is 1.84. The first-order valence-electron chi connectivity index (χ1n) is 3.70. The van der Waals surface area contributed by atoms with Gasteiger partial charge in [0.25, 0.3) is 5.78 Å². The van der Waals surface area contributed by atoms with Crippen LogP contribution in [0.5, 0.6) is 0 Å². The van der Waals surface area contributed by atoms with Crippen LogP contribution in [0.15, 0.2) is 6.20 Å². The number of aromatic amines is 1. The van der Waals surface area contributed by atoms with E-state index in [1.165, 1.54) is 0 Å². The highest BCUT2D eigenvalue weighted by atomic mass is 15.3. The summed E-state index contributed by atoms with van der Waals surface area (Å²) in [7, 11) is 0. The van der Waals surface area contributed by atoms with Gasteiger partial charge in [-0.05, 0) is 6.92 Å². The van der Waals surface area contributed by atoms with Crippen LogP contribution in [-0.2, 0) is 6.42 Å². The molecule has 2 rings (SSSR count). The molecule has 0 radical (unpaired) electrons. The number of rotatable bonds is 1. The lowest BCUT2D eigenvalue weighted by Gasteiger charge is -1.82. The van der Waals surface area contributed by atoms with Crippen LogP contribution in [0.1, 0.15) is 18.4 Å². The molecular formula is C7H10N4. The number of fused-ring (bicyclic) bond motifs is 1. The van der Waals surface area contributed by atoms with Crippen LogP contribution in [0.2, 0.25) is 0 Å². The molecule has 0 aliphatic carbocycles. The Morgan fingerprint density at radius 2 is 2.36 bits per heavy atom. The van der Waals surface area contributed by atoms with Crippen molar-refractivity contribution in [1.29, 1.82) is 0 Å². The van der Waals surface area contributed by atoms with Crippen LogP contribution in [0.4, 0.5) is 0 Å². The van der Waals surface area contributed by atoms with Crippen molar-refractivity contribution < 1.29 is 0 Å². The third-order valence-corrected chi connectivity index (χ3v) is 1.63. The van der Waals surface area contributed by atoms with Crippen molar-refractivity contribution >= 4 is 5.78 Å². The second-order valence-electron chi connectivity index (χ2n) is 2.58. The molecule has 11 heavy (non-hydrogen) atoms. The topological polar surface area (TPSA) is 46.0 Å². The molecule has 0 bridgehead atoms. The minimum Gasteiger partial charge on any atom is -0.278 e. The minimum absolute atomic E-state index is 0.763. The molecule has 0 spiro atoms. The zero-order valence-electron chi connectivity index (χ0n) is 6.63. The molecule has 0 aliphatic rings. The fourth-order valence-electron chi connectivity index (χ4n) is 1.09. The Kier molecular flexibility index (Phi) is 1.21. The second kappa shape index (κ2) is 2.08. The predicted octanol–water partition coefficient (Wildman–Crippen LogP) is 0.928. The summed E-state index contributed by atoms with van der Waals surface area (Å²) in [5.74, 6) is 1.74. The van der Waals surface area contributed by atoms with Gasteiger partial charge < -0.3 is 0 Å². The quantitative estimate of drug-likeness (QED) is 0.657. The van der Waals surface area contributed by atoms with Gasteiger partial charge in [0.15, 0.2) is 0 Å². The average molecular weight is 150 g/mol. The average Bonchev–Trinajstić information content (AvgIpc) is 2.43. The predicted molar refractivity (Wildman–Crippen MR) is 41.5 cm³/mol. The van der Waals surface area contributed by atoms with Crippen molar-refractivity contribution in [2.45, 2.75) is 20.3 Å². The summed E-state index contributed by atoms with van der Waals surface area (Å²) in [5.41, 5.74) is 0.992. The van der Waals surface area contributed by atoms with Gasteiger partial charge in [-0.1, -0.05) is 6.92 Å². The van der Waals surface area contributed by atoms with E-state index in [2.05, 4.69) is 22.0 Å². The summed E-state index contributed by atoms with van der Waals surface area (Å²) in [6, 6.07) is 0. The Morgan fingerprint density at radius 3 is 3.00 bits per heavy atom. The van der Waals surface area contributed by atoms with Gasteiger partial charge in [-0.2, -0.15) is 4.98 Å². The van der Waals surface area contributed by atoms with Gasteiger partial charge >= 0.3 is 0 Å². The Balaban J connectivity index is 2.64. The van der Waals surface area contributed by atoms with Crippen LogP contribution in [-0.4, -0.2) is 19.6 Å². The molecule has 2 aromatic rings. The van der Waals surface area contributed by atoms with Crippen LogP contribution >= 0.6 is 0 Å². The second-order valence-corrected chi connectivity index (χ2v) is 2.58. The standard InChI is InChI=1S/C7H10N4/c1-3-6-9-7-8-5(2)4-11(7)10-6/h4H,3H2,1-2H3,(H,8,9,10).